The fraction of sp³-hybridized carbons (Fsp3) is 0.133. The van der Waals surface area contributed by atoms with E-state index in [-0.39, 0.29) is 5.91 Å². The van der Waals surface area contributed by atoms with Gasteiger partial charge < -0.3 is 4.90 Å². The van der Waals surface area contributed by atoms with E-state index < -0.39 is 5.82 Å². The average molecular weight is 322 g/mol. The van der Waals surface area contributed by atoms with E-state index >= 15 is 0 Å². The van der Waals surface area contributed by atoms with Crippen LogP contribution in [-0.2, 0) is 0 Å². The lowest BCUT2D eigenvalue weighted by Crippen LogP contribution is -2.30. The number of para-hydroxylation sites is 1. The SMILES string of the molecule is CCN(C(=O)c1cc(F)ccc1Br)c1ccccc1. The molecule has 0 aliphatic rings. The van der Waals surface area contributed by atoms with Gasteiger partial charge in [-0.25, -0.2) is 4.39 Å². The molecule has 98 valence electrons. The van der Waals surface area contributed by atoms with Gasteiger partial charge in [-0.15, -0.1) is 0 Å². The first-order valence-corrected chi connectivity index (χ1v) is 6.74. The van der Waals surface area contributed by atoms with E-state index in [9.17, 15) is 9.18 Å². The average Bonchev–Trinajstić information content (AvgIpc) is 2.43. The normalized spacial score (nSPS) is 10.3. The van der Waals surface area contributed by atoms with Crippen LogP contribution >= 0.6 is 15.9 Å². The molecule has 0 saturated heterocycles. The second kappa shape index (κ2) is 5.97. The van der Waals surface area contributed by atoms with Crippen LogP contribution in [0, 0.1) is 5.82 Å². The summed E-state index contributed by atoms with van der Waals surface area (Å²) in [6, 6.07) is 13.4. The molecule has 0 aliphatic heterocycles. The van der Waals surface area contributed by atoms with Crippen LogP contribution in [-0.4, -0.2) is 12.5 Å². The summed E-state index contributed by atoms with van der Waals surface area (Å²) < 4.78 is 13.9. The van der Waals surface area contributed by atoms with Crippen molar-refractivity contribution in [3.63, 3.8) is 0 Å². The summed E-state index contributed by atoms with van der Waals surface area (Å²) in [4.78, 5) is 14.1. The minimum absolute atomic E-state index is 0.222. The zero-order chi connectivity index (χ0) is 13.8. The number of carbonyl (C=O) groups is 1. The lowest BCUT2D eigenvalue weighted by molar-refractivity contribution is 0.0987. The predicted molar refractivity (Wildman–Crippen MR) is 77.9 cm³/mol. The summed E-state index contributed by atoms with van der Waals surface area (Å²) in [6.45, 7) is 2.41. The Morgan fingerprint density at radius 1 is 1.21 bits per heavy atom. The molecule has 0 heterocycles. The van der Waals surface area contributed by atoms with Gasteiger partial charge in [0, 0.05) is 16.7 Å². The van der Waals surface area contributed by atoms with E-state index in [4.69, 9.17) is 0 Å². The zero-order valence-corrected chi connectivity index (χ0v) is 12.0. The van der Waals surface area contributed by atoms with E-state index in [0.29, 0.717) is 16.6 Å². The highest BCUT2D eigenvalue weighted by Gasteiger charge is 2.18. The van der Waals surface area contributed by atoms with Crippen LogP contribution in [0.3, 0.4) is 0 Å². The topological polar surface area (TPSA) is 20.3 Å². The van der Waals surface area contributed by atoms with Gasteiger partial charge in [0.1, 0.15) is 5.82 Å². The Balaban J connectivity index is 2.39. The number of halogens is 2. The molecule has 0 bridgehead atoms. The van der Waals surface area contributed by atoms with Crippen LogP contribution < -0.4 is 4.90 Å². The van der Waals surface area contributed by atoms with Gasteiger partial charge in [0.15, 0.2) is 0 Å². The van der Waals surface area contributed by atoms with Crippen molar-refractivity contribution in [1.82, 2.24) is 0 Å². The highest BCUT2D eigenvalue weighted by Crippen LogP contribution is 2.22. The van der Waals surface area contributed by atoms with Crippen molar-refractivity contribution >= 4 is 27.5 Å². The molecule has 0 spiro atoms. The van der Waals surface area contributed by atoms with Crippen molar-refractivity contribution in [2.75, 3.05) is 11.4 Å². The molecule has 0 aromatic heterocycles. The molecule has 0 N–H and O–H groups in total. The molecule has 0 unspecified atom stereocenters. The molecular formula is C15H13BrFNO. The highest BCUT2D eigenvalue weighted by atomic mass is 79.9. The Kier molecular flexibility index (Phi) is 4.32. The number of hydrogen-bond acceptors (Lipinski definition) is 1. The van der Waals surface area contributed by atoms with Crippen LogP contribution in [0.4, 0.5) is 10.1 Å². The number of carbonyl (C=O) groups excluding carboxylic acids is 1. The number of hydrogen-bond donors (Lipinski definition) is 0. The van der Waals surface area contributed by atoms with Crippen LogP contribution in [0.15, 0.2) is 53.0 Å². The summed E-state index contributed by atoms with van der Waals surface area (Å²) in [6.07, 6.45) is 0. The predicted octanol–water partition coefficient (Wildman–Crippen LogP) is 4.25. The number of nitrogens with zero attached hydrogens (tertiary/aromatic N) is 1. The summed E-state index contributed by atoms with van der Waals surface area (Å²) in [5.41, 5.74) is 1.12. The van der Waals surface area contributed by atoms with Crippen molar-refractivity contribution in [3.8, 4) is 0 Å². The van der Waals surface area contributed by atoms with Crippen LogP contribution in [0.5, 0.6) is 0 Å². The molecule has 2 rings (SSSR count). The summed E-state index contributed by atoms with van der Waals surface area (Å²) in [5, 5.41) is 0. The summed E-state index contributed by atoms with van der Waals surface area (Å²) in [5.74, 6) is -0.643. The Morgan fingerprint density at radius 3 is 2.53 bits per heavy atom. The fourth-order valence-electron chi connectivity index (χ4n) is 1.86. The van der Waals surface area contributed by atoms with E-state index in [0.717, 1.165) is 5.69 Å². The van der Waals surface area contributed by atoms with Crippen LogP contribution in [0.2, 0.25) is 0 Å². The lowest BCUT2D eigenvalue weighted by atomic mass is 10.1. The van der Waals surface area contributed by atoms with E-state index in [1.165, 1.54) is 12.1 Å². The Labute approximate surface area is 120 Å². The minimum atomic E-state index is -0.421. The van der Waals surface area contributed by atoms with Crippen molar-refractivity contribution in [3.05, 3.63) is 64.4 Å². The third-order valence-electron chi connectivity index (χ3n) is 2.79. The first-order chi connectivity index (χ1) is 9.13. The van der Waals surface area contributed by atoms with Crippen molar-refractivity contribution in [1.29, 1.82) is 0 Å². The minimum Gasteiger partial charge on any atom is -0.309 e. The van der Waals surface area contributed by atoms with E-state index in [1.807, 2.05) is 37.3 Å². The molecule has 4 heteroatoms. The van der Waals surface area contributed by atoms with Crippen LogP contribution in [0.25, 0.3) is 0 Å². The number of benzene rings is 2. The molecule has 2 nitrogen and oxygen atoms in total. The Morgan fingerprint density at radius 2 is 1.89 bits per heavy atom. The van der Waals surface area contributed by atoms with Gasteiger partial charge in [0.2, 0.25) is 0 Å². The van der Waals surface area contributed by atoms with Gasteiger partial charge >= 0.3 is 0 Å². The maximum atomic E-state index is 13.3. The molecule has 0 aliphatic carbocycles. The summed E-state index contributed by atoms with van der Waals surface area (Å²) in [7, 11) is 0. The molecular weight excluding hydrogens is 309 g/mol. The third-order valence-corrected chi connectivity index (χ3v) is 3.48. The summed E-state index contributed by atoms with van der Waals surface area (Å²) >= 11 is 3.29. The van der Waals surface area contributed by atoms with E-state index in [1.54, 1.807) is 11.0 Å². The van der Waals surface area contributed by atoms with Gasteiger partial charge in [0.25, 0.3) is 5.91 Å². The maximum Gasteiger partial charge on any atom is 0.259 e. The molecule has 2 aromatic carbocycles. The number of rotatable bonds is 3. The second-order valence-corrected chi connectivity index (χ2v) is 4.86. The molecule has 0 fully saturated rings. The van der Waals surface area contributed by atoms with Crippen molar-refractivity contribution < 1.29 is 9.18 Å². The van der Waals surface area contributed by atoms with Gasteiger partial charge in [-0.2, -0.15) is 0 Å². The largest absolute Gasteiger partial charge is 0.309 e. The van der Waals surface area contributed by atoms with Gasteiger partial charge in [-0.05, 0) is 53.2 Å². The van der Waals surface area contributed by atoms with Crippen molar-refractivity contribution in [2.24, 2.45) is 0 Å². The molecule has 2 aromatic rings. The fourth-order valence-corrected chi connectivity index (χ4v) is 2.27. The van der Waals surface area contributed by atoms with Crippen LogP contribution in [0.1, 0.15) is 17.3 Å². The van der Waals surface area contributed by atoms with E-state index in [2.05, 4.69) is 15.9 Å². The maximum absolute atomic E-state index is 13.3. The Bertz CT molecular complexity index is 586. The monoisotopic (exact) mass is 321 g/mol. The quantitative estimate of drug-likeness (QED) is 0.827. The first-order valence-electron chi connectivity index (χ1n) is 5.95. The first kappa shape index (κ1) is 13.7. The smallest absolute Gasteiger partial charge is 0.259 e. The second-order valence-electron chi connectivity index (χ2n) is 4.01. The molecule has 1 amide bonds. The van der Waals surface area contributed by atoms with Gasteiger partial charge in [0.05, 0.1) is 5.56 Å². The lowest BCUT2D eigenvalue weighted by Gasteiger charge is -2.21. The van der Waals surface area contributed by atoms with Crippen molar-refractivity contribution in [2.45, 2.75) is 6.92 Å². The molecule has 0 radical (unpaired) electrons. The number of amides is 1. The van der Waals surface area contributed by atoms with Gasteiger partial charge in [-0.3, -0.25) is 4.79 Å². The zero-order valence-electron chi connectivity index (χ0n) is 10.4. The number of anilines is 1. The Hall–Kier alpha value is -1.68. The third kappa shape index (κ3) is 3.01. The molecule has 0 atom stereocenters. The molecule has 0 saturated carbocycles. The highest BCUT2D eigenvalue weighted by molar-refractivity contribution is 9.10. The standard InChI is InChI=1S/C15H13BrFNO/c1-2-18(12-6-4-3-5-7-12)15(19)13-10-11(17)8-9-14(13)16/h3-10H,2H2,1H3. The van der Waals surface area contributed by atoms with Gasteiger partial charge in [-0.1, -0.05) is 18.2 Å². The molecule has 19 heavy (non-hydrogen) atoms.